The number of rotatable bonds is 7. The summed E-state index contributed by atoms with van der Waals surface area (Å²) >= 11 is 0. The second-order valence-electron chi connectivity index (χ2n) is 11.8. The molecule has 0 bridgehead atoms. The summed E-state index contributed by atoms with van der Waals surface area (Å²) in [7, 11) is 0. The number of ether oxygens (including phenoxy) is 2. The Morgan fingerprint density at radius 2 is 1.78 bits per heavy atom. The van der Waals surface area contributed by atoms with E-state index in [1.807, 2.05) is 19.9 Å². The highest BCUT2D eigenvalue weighted by Crippen LogP contribution is 2.32. The molecule has 3 aromatic rings. The highest BCUT2D eigenvalue weighted by molar-refractivity contribution is 5.78. The van der Waals surface area contributed by atoms with Gasteiger partial charge in [-0.25, -0.2) is 13.8 Å². The molecule has 1 aliphatic carbocycles. The molecule has 1 saturated carbocycles. The second-order valence-corrected chi connectivity index (χ2v) is 11.8. The predicted molar refractivity (Wildman–Crippen MR) is 151 cm³/mol. The first-order valence-corrected chi connectivity index (χ1v) is 14.4. The molecule has 12 heteroatoms. The molecule has 0 amide bonds. The van der Waals surface area contributed by atoms with Crippen molar-refractivity contribution in [3.05, 3.63) is 36.2 Å². The van der Waals surface area contributed by atoms with Gasteiger partial charge in [0, 0.05) is 38.3 Å². The van der Waals surface area contributed by atoms with E-state index in [2.05, 4.69) is 20.1 Å². The van der Waals surface area contributed by atoms with Crippen LogP contribution in [0.4, 0.5) is 20.5 Å². The minimum atomic E-state index is -2.76. The van der Waals surface area contributed by atoms with Crippen LogP contribution >= 0.6 is 0 Å². The number of alkyl halides is 2. The molecule has 3 fully saturated rings. The number of imidazole rings is 1. The van der Waals surface area contributed by atoms with Crippen LogP contribution in [0.5, 0.6) is 0 Å². The number of cyclic esters (lactones) is 1. The quantitative estimate of drug-likeness (QED) is 0.420. The summed E-state index contributed by atoms with van der Waals surface area (Å²) < 4.78 is 40.7. The van der Waals surface area contributed by atoms with Gasteiger partial charge in [-0.3, -0.25) is 14.3 Å². The number of halogens is 2. The van der Waals surface area contributed by atoms with Crippen molar-refractivity contribution in [2.75, 3.05) is 56.2 Å². The molecule has 3 aliphatic rings. The largest absolute Gasteiger partial charge is 0.457 e. The van der Waals surface area contributed by atoms with E-state index in [1.165, 1.54) is 4.57 Å². The first kappa shape index (κ1) is 27.8. The van der Waals surface area contributed by atoms with Gasteiger partial charge in [-0.1, -0.05) is 12.1 Å². The molecular formula is C29H37F2N7O3. The summed E-state index contributed by atoms with van der Waals surface area (Å²) in [6.07, 6.45) is 1.29. The smallest absolute Gasteiger partial charge is 0.320 e. The predicted octanol–water partition coefficient (Wildman–Crippen LogP) is 4.20. The number of morpholine rings is 2. The molecule has 4 heterocycles. The van der Waals surface area contributed by atoms with Gasteiger partial charge in [0.2, 0.25) is 5.95 Å². The van der Waals surface area contributed by atoms with Crippen LogP contribution in [0.25, 0.3) is 16.9 Å². The molecule has 2 aromatic heterocycles. The number of fused-ring (bicyclic) bond motifs is 1. The van der Waals surface area contributed by atoms with E-state index in [9.17, 15) is 13.6 Å². The molecule has 0 radical (unpaired) electrons. The zero-order chi connectivity index (χ0) is 28.6. The van der Waals surface area contributed by atoms with Crippen LogP contribution < -0.4 is 10.2 Å². The van der Waals surface area contributed by atoms with Crippen LogP contribution in [0, 0.1) is 5.92 Å². The maximum absolute atomic E-state index is 14.1. The molecule has 0 spiro atoms. The molecule has 1 N–H and O–H groups in total. The van der Waals surface area contributed by atoms with Gasteiger partial charge in [0.15, 0.2) is 5.82 Å². The number of para-hydroxylation sites is 2. The van der Waals surface area contributed by atoms with Gasteiger partial charge in [-0.15, -0.1) is 0 Å². The zero-order valence-corrected chi connectivity index (χ0v) is 23.6. The Kier molecular flexibility index (Phi) is 7.78. The average molecular weight is 570 g/mol. The molecule has 2 saturated heterocycles. The molecule has 220 valence electrons. The lowest BCUT2D eigenvalue weighted by Gasteiger charge is -2.43. The Morgan fingerprint density at radius 3 is 2.51 bits per heavy atom. The zero-order valence-electron chi connectivity index (χ0n) is 23.6. The van der Waals surface area contributed by atoms with Gasteiger partial charge >= 0.3 is 5.97 Å². The lowest BCUT2D eigenvalue weighted by molar-refractivity contribution is -0.172. The maximum Gasteiger partial charge on any atom is 0.320 e. The number of nitrogens with one attached hydrogen (secondary N) is 1. The molecular weight excluding hydrogens is 532 g/mol. The van der Waals surface area contributed by atoms with Crippen LogP contribution in [0.1, 0.15) is 51.8 Å². The first-order chi connectivity index (χ1) is 19.8. The SMILES string of the molecule is CC1(C)CN([C@H]2CC[C@H](CNc3nc(N4CCOCC4)cc(-n4c(C(F)F)nc5ccccc54)n3)CC2)CC(=O)O1. The molecule has 0 unspecified atom stereocenters. The van der Waals surface area contributed by atoms with Gasteiger partial charge in [0.25, 0.3) is 6.43 Å². The number of nitrogens with zero attached hydrogens (tertiary/aromatic N) is 6. The summed E-state index contributed by atoms with van der Waals surface area (Å²) in [6.45, 7) is 8.18. The standard InChI is InChI=1S/C29H37F2N7O3/c1-29(2)18-37(17-25(39)41-29)20-9-7-19(8-10-20)16-32-28-34-23(36-11-13-40-14-12-36)15-24(35-28)38-22-6-4-3-5-21(22)33-27(38)26(30)31/h3-6,15,19-20,26H,7-14,16-18H2,1-2H3,(H,32,34,35)/t19-,20-. The number of benzene rings is 1. The van der Waals surface area contributed by atoms with Gasteiger partial charge in [0.1, 0.15) is 17.2 Å². The topological polar surface area (TPSA) is 97.6 Å². The van der Waals surface area contributed by atoms with Gasteiger partial charge in [0.05, 0.1) is 30.8 Å². The Morgan fingerprint density at radius 1 is 1.05 bits per heavy atom. The van der Waals surface area contributed by atoms with E-state index in [0.29, 0.717) is 80.0 Å². The second kappa shape index (κ2) is 11.5. The molecule has 6 rings (SSSR count). The van der Waals surface area contributed by atoms with Crippen LogP contribution in [0.3, 0.4) is 0 Å². The van der Waals surface area contributed by atoms with E-state index >= 15 is 0 Å². The number of carbonyl (C=O) groups is 1. The first-order valence-electron chi connectivity index (χ1n) is 14.4. The number of carbonyl (C=O) groups excluding carboxylic acids is 1. The van der Waals surface area contributed by atoms with Gasteiger partial charge in [-0.05, 0) is 57.6 Å². The Balaban J connectivity index is 1.20. The van der Waals surface area contributed by atoms with Crippen molar-refractivity contribution in [1.82, 2.24) is 24.4 Å². The third kappa shape index (κ3) is 6.13. The molecule has 2 aliphatic heterocycles. The Labute approximate surface area is 238 Å². The fourth-order valence-corrected chi connectivity index (χ4v) is 6.29. The third-order valence-corrected chi connectivity index (χ3v) is 8.23. The fraction of sp³-hybridized carbons (Fsp3) is 0.586. The van der Waals surface area contributed by atoms with Crippen molar-refractivity contribution >= 4 is 28.8 Å². The number of anilines is 2. The average Bonchev–Trinajstić information content (AvgIpc) is 3.36. The summed E-state index contributed by atoms with van der Waals surface area (Å²) in [6, 6.07) is 9.22. The maximum atomic E-state index is 14.1. The minimum Gasteiger partial charge on any atom is -0.457 e. The van der Waals surface area contributed by atoms with E-state index < -0.39 is 12.0 Å². The van der Waals surface area contributed by atoms with Crippen molar-refractivity contribution in [3.8, 4) is 5.82 Å². The fourth-order valence-electron chi connectivity index (χ4n) is 6.29. The van der Waals surface area contributed by atoms with Crippen molar-refractivity contribution in [3.63, 3.8) is 0 Å². The summed E-state index contributed by atoms with van der Waals surface area (Å²) in [5.74, 6) is 1.36. The van der Waals surface area contributed by atoms with Crippen LogP contribution in [0.2, 0.25) is 0 Å². The molecule has 1 aromatic carbocycles. The summed E-state index contributed by atoms with van der Waals surface area (Å²) in [4.78, 5) is 30.2. The number of aromatic nitrogens is 4. The van der Waals surface area contributed by atoms with E-state index in [1.54, 1.807) is 24.3 Å². The normalized spacial score (nSPS) is 23.6. The highest BCUT2D eigenvalue weighted by Gasteiger charge is 2.37. The van der Waals surface area contributed by atoms with Crippen molar-refractivity contribution < 1.29 is 23.0 Å². The number of hydrogen-bond donors (Lipinski definition) is 1. The number of hydrogen-bond acceptors (Lipinski definition) is 9. The molecule has 41 heavy (non-hydrogen) atoms. The van der Waals surface area contributed by atoms with Crippen molar-refractivity contribution in [2.24, 2.45) is 5.92 Å². The lowest BCUT2D eigenvalue weighted by atomic mass is 9.84. The van der Waals surface area contributed by atoms with Crippen LogP contribution in [-0.4, -0.2) is 88.0 Å². The molecule has 10 nitrogen and oxygen atoms in total. The lowest BCUT2D eigenvalue weighted by Crippen LogP contribution is -2.55. The summed E-state index contributed by atoms with van der Waals surface area (Å²) in [5, 5.41) is 3.42. The monoisotopic (exact) mass is 569 g/mol. The van der Waals surface area contributed by atoms with E-state index in [4.69, 9.17) is 19.4 Å². The van der Waals surface area contributed by atoms with Crippen LogP contribution in [0.15, 0.2) is 30.3 Å². The third-order valence-electron chi connectivity index (χ3n) is 8.23. The van der Waals surface area contributed by atoms with Crippen LogP contribution in [-0.2, 0) is 14.3 Å². The Hall–Kier alpha value is -3.38. The molecule has 0 atom stereocenters. The van der Waals surface area contributed by atoms with Crippen molar-refractivity contribution in [1.29, 1.82) is 0 Å². The minimum absolute atomic E-state index is 0.154. The summed E-state index contributed by atoms with van der Waals surface area (Å²) in [5.41, 5.74) is 0.605. The van der Waals surface area contributed by atoms with Crippen molar-refractivity contribution in [2.45, 2.75) is 57.6 Å². The van der Waals surface area contributed by atoms with E-state index in [0.717, 1.165) is 32.2 Å². The van der Waals surface area contributed by atoms with Gasteiger partial charge < -0.3 is 19.7 Å². The van der Waals surface area contributed by atoms with E-state index in [-0.39, 0.29) is 11.8 Å². The highest BCUT2D eigenvalue weighted by atomic mass is 19.3. The Bertz CT molecular complexity index is 1380. The van der Waals surface area contributed by atoms with Gasteiger partial charge in [-0.2, -0.15) is 9.97 Å². The number of esters is 1.